The summed E-state index contributed by atoms with van der Waals surface area (Å²) in [6.45, 7) is 0. The van der Waals surface area contributed by atoms with Gasteiger partial charge in [0.25, 0.3) is 0 Å². The molecule has 0 radical (unpaired) electrons. The zero-order valence-corrected chi connectivity index (χ0v) is 12.0. The van der Waals surface area contributed by atoms with Gasteiger partial charge in [0.05, 0.1) is 16.8 Å². The number of carboxylic acids is 2. The van der Waals surface area contributed by atoms with Crippen LogP contribution in [0.4, 0.5) is 0 Å². The van der Waals surface area contributed by atoms with E-state index in [-0.39, 0.29) is 12.2 Å². The second-order valence-corrected chi connectivity index (χ2v) is 8.73. The van der Waals surface area contributed by atoms with E-state index in [4.69, 9.17) is 10.2 Å². The van der Waals surface area contributed by atoms with Crippen LogP contribution < -0.4 is 4.72 Å². The van der Waals surface area contributed by atoms with Crippen LogP contribution in [0, 0.1) is 0 Å². The van der Waals surface area contributed by atoms with Crippen molar-refractivity contribution in [2.45, 2.75) is 30.6 Å². The van der Waals surface area contributed by atoms with Crippen molar-refractivity contribution in [3.8, 4) is 0 Å². The van der Waals surface area contributed by atoms with Crippen molar-refractivity contribution in [2.75, 3.05) is 11.5 Å². The lowest BCUT2D eigenvalue weighted by Crippen LogP contribution is -2.45. The van der Waals surface area contributed by atoms with Crippen molar-refractivity contribution >= 4 is 31.8 Å². The molecule has 2 atom stereocenters. The SMILES string of the molecule is O=C(O)CC[C@H](NS(=O)(=O)C1CCS(=O)(=O)C1)C(=O)O. The summed E-state index contributed by atoms with van der Waals surface area (Å²) in [6.07, 6.45) is -1.02. The van der Waals surface area contributed by atoms with Gasteiger partial charge in [-0.2, -0.15) is 0 Å². The van der Waals surface area contributed by atoms with Gasteiger partial charge in [-0.3, -0.25) is 9.59 Å². The Morgan fingerprint density at radius 1 is 1.30 bits per heavy atom. The number of aliphatic carboxylic acids is 2. The minimum Gasteiger partial charge on any atom is -0.481 e. The molecule has 0 bridgehead atoms. The van der Waals surface area contributed by atoms with E-state index in [2.05, 4.69) is 0 Å². The summed E-state index contributed by atoms with van der Waals surface area (Å²) in [5.74, 6) is -3.56. The largest absolute Gasteiger partial charge is 0.481 e. The van der Waals surface area contributed by atoms with Crippen LogP contribution in [0.1, 0.15) is 19.3 Å². The Morgan fingerprint density at radius 3 is 2.30 bits per heavy atom. The lowest BCUT2D eigenvalue weighted by atomic mass is 10.2. The van der Waals surface area contributed by atoms with Gasteiger partial charge in [-0.05, 0) is 12.8 Å². The standard InChI is InChI=1S/C9H15NO8S2/c11-8(12)2-1-7(9(13)14)10-20(17,18)6-3-4-19(15,16)5-6/h6-7,10H,1-5H2,(H,11,12)(H,13,14)/t6?,7-/m0/s1. The molecule has 1 saturated heterocycles. The summed E-state index contributed by atoms with van der Waals surface area (Å²) in [5, 5.41) is 16.1. The molecule has 0 aromatic carbocycles. The Hall–Kier alpha value is -1.20. The topological polar surface area (TPSA) is 155 Å². The van der Waals surface area contributed by atoms with Crippen molar-refractivity contribution in [3.63, 3.8) is 0 Å². The molecule has 116 valence electrons. The van der Waals surface area contributed by atoms with Crippen molar-refractivity contribution in [1.82, 2.24) is 4.72 Å². The van der Waals surface area contributed by atoms with Gasteiger partial charge in [0, 0.05) is 6.42 Å². The zero-order valence-electron chi connectivity index (χ0n) is 10.4. The highest BCUT2D eigenvalue weighted by atomic mass is 32.2. The van der Waals surface area contributed by atoms with E-state index in [1.54, 1.807) is 0 Å². The van der Waals surface area contributed by atoms with E-state index in [9.17, 15) is 26.4 Å². The molecule has 1 unspecified atom stereocenters. The fourth-order valence-electron chi connectivity index (χ4n) is 1.80. The van der Waals surface area contributed by atoms with Crippen LogP contribution in [0.25, 0.3) is 0 Å². The molecule has 1 rings (SSSR count). The molecular weight excluding hydrogens is 314 g/mol. The molecule has 0 aromatic heterocycles. The third-order valence-electron chi connectivity index (χ3n) is 2.88. The van der Waals surface area contributed by atoms with E-state index in [0.29, 0.717) is 0 Å². The number of sulfone groups is 1. The highest BCUT2D eigenvalue weighted by Crippen LogP contribution is 2.19. The minimum absolute atomic E-state index is 0.0943. The fraction of sp³-hybridized carbons (Fsp3) is 0.778. The number of carboxylic acid groups (broad SMARTS) is 2. The Labute approximate surface area is 116 Å². The van der Waals surface area contributed by atoms with Crippen LogP contribution in [0.5, 0.6) is 0 Å². The first-order chi connectivity index (χ1) is 9.03. The molecule has 0 amide bonds. The summed E-state index contributed by atoms with van der Waals surface area (Å²) < 4.78 is 48.1. The first kappa shape index (κ1) is 16.9. The van der Waals surface area contributed by atoms with Gasteiger partial charge in [-0.1, -0.05) is 0 Å². The average molecular weight is 329 g/mol. The zero-order chi connectivity index (χ0) is 15.6. The molecule has 0 saturated carbocycles. The van der Waals surface area contributed by atoms with Gasteiger partial charge >= 0.3 is 11.9 Å². The lowest BCUT2D eigenvalue weighted by Gasteiger charge is -2.16. The van der Waals surface area contributed by atoms with E-state index in [1.165, 1.54) is 0 Å². The monoisotopic (exact) mass is 329 g/mol. The third kappa shape index (κ3) is 4.72. The first-order valence-corrected chi connectivity index (χ1v) is 9.06. The Balaban J connectivity index is 2.77. The van der Waals surface area contributed by atoms with Crippen LogP contribution in [-0.2, 0) is 29.4 Å². The quantitative estimate of drug-likeness (QED) is 0.505. The van der Waals surface area contributed by atoms with Crippen molar-refractivity contribution in [2.24, 2.45) is 0 Å². The number of rotatable bonds is 7. The van der Waals surface area contributed by atoms with Crippen molar-refractivity contribution in [3.05, 3.63) is 0 Å². The molecule has 1 aliphatic rings. The summed E-state index contributed by atoms with van der Waals surface area (Å²) >= 11 is 0. The third-order valence-corrected chi connectivity index (χ3v) is 6.75. The maximum absolute atomic E-state index is 11.9. The molecule has 20 heavy (non-hydrogen) atoms. The second-order valence-electron chi connectivity index (χ2n) is 4.51. The summed E-state index contributed by atoms with van der Waals surface area (Å²) in [5.41, 5.74) is 0. The van der Waals surface area contributed by atoms with Crippen LogP contribution >= 0.6 is 0 Å². The molecule has 1 fully saturated rings. The Bertz CT molecular complexity index is 593. The number of carbonyl (C=O) groups is 2. The second kappa shape index (κ2) is 6.06. The highest BCUT2D eigenvalue weighted by Gasteiger charge is 2.39. The number of nitrogens with one attached hydrogen (secondary N) is 1. The smallest absolute Gasteiger partial charge is 0.321 e. The minimum atomic E-state index is -4.13. The summed E-state index contributed by atoms with van der Waals surface area (Å²) in [6, 6.07) is -1.58. The maximum Gasteiger partial charge on any atom is 0.321 e. The number of hydrogen-bond acceptors (Lipinski definition) is 6. The van der Waals surface area contributed by atoms with Gasteiger partial charge in [-0.25, -0.2) is 21.6 Å². The van der Waals surface area contributed by atoms with Crippen LogP contribution in [0.15, 0.2) is 0 Å². The molecule has 9 nitrogen and oxygen atoms in total. The van der Waals surface area contributed by atoms with Crippen LogP contribution in [0.3, 0.4) is 0 Å². The average Bonchev–Trinajstić information content (AvgIpc) is 2.65. The van der Waals surface area contributed by atoms with Gasteiger partial charge in [0.1, 0.15) is 6.04 Å². The number of sulfonamides is 1. The van der Waals surface area contributed by atoms with E-state index in [0.717, 1.165) is 0 Å². The van der Waals surface area contributed by atoms with Crippen LogP contribution in [-0.4, -0.2) is 61.8 Å². The van der Waals surface area contributed by atoms with Gasteiger partial charge in [0.2, 0.25) is 10.0 Å². The van der Waals surface area contributed by atoms with Gasteiger partial charge in [0.15, 0.2) is 9.84 Å². The van der Waals surface area contributed by atoms with Gasteiger partial charge < -0.3 is 10.2 Å². The molecule has 3 N–H and O–H groups in total. The Kier molecular flexibility index (Phi) is 5.10. The first-order valence-electron chi connectivity index (χ1n) is 5.69. The van der Waals surface area contributed by atoms with E-state index in [1.807, 2.05) is 4.72 Å². The maximum atomic E-state index is 11.9. The molecule has 11 heteroatoms. The van der Waals surface area contributed by atoms with Crippen molar-refractivity contribution in [1.29, 1.82) is 0 Å². The van der Waals surface area contributed by atoms with Gasteiger partial charge in [-0.15, -0.1) is 0 Å². The fourth-order valence-corrected chi connectivity index (χ4v) is 6.07. The molecule has 0 aromatic rings. The normalized spacial score (nSPS) is 23.3. The summed E-state index contributed by atoms with van der Waals surface area (Å²) in [4.78, 5) is 21.3. The van der Waals surface area contributed by atoms with E-state index >= 15 is 0 Å². The van der Waals surface area contributed by atoms with Crippen molar-refractivity contribution < 1.29 is 36.6 Å². The number of hydrogen-bond donors (Lipinski definition) is 3. The molecule has 1 heterocycles. The molecular formula is C9H15NO8S2. The van der Waals surface area contributed by atoms with E-state index < -0.39 is 61.7 Å². The molecule has 0 aliphatic carbocycles. The predicted molar refractivity (Wildman–Crippen MR) is 67.4 cm³/mol. The molecule has 0 spiro atoms. The summed E-state index contributed by atoms with van der Waals surface area (Å²) in [7, 11) is -7.55. The highest BCUT2D eigenvalue weighted by molar-refractivity contribution is 7.95. The Morgan fingerprint density at radius 2 is 1.90 bits per heavy atom. The molecule has 1 aliphatic heterocycles. The van der Waals surface area contributed by atoms with Crippen LogP contribution in [0.2, 0.25) is 0 Å². The lowest BCUT2D eigenvalue weighted by molar-refractivity contribution is -0.140. The predicted octanol–water partition coefficient (Wildman–Crippen LogP) is -1.59.